The predicted octanol–water partition coefficient (Wildman–Crippen LogP) is 4.79. The molecule has 4 saturated carbocycles. The molecule has 4 atom stereocenters. The van der Waals surface area contributed by atoms with Crippen LogP contribution in [0.3, 0.4) is 0 Å². The van der Waals surface area contributed by atoms with Crippen molar-refractivity contribution in [1.82, 2.24) is 0 Å². The van der Waals surface area contributed by atoms with Gasteiger partial charge >= 0.3 is 0 Å². The van der Waals surface area contributed by atoms with Crippen LogP contribution in [0.25, 0.3) is 0 Å². The molecule has 0 spiro atoms. The van der Waals surface area contributed by atoms with Crippen LogP contribution in [0.2, 0.25) is 0 Å². The van der Waals surface area contributed by atoms with Crippen molar-refractivity contribution in [3.8, 4) is 0 Å². The van der Waals surface area contributed by atoms with E-state index in [4.69, 9.17) is 20.3 Å². The standard InChI is InChI=1S/C24H42O8/c25-23(15-3-1-5-21(23)17-7-11-19(29-27)12-8-17)31-32-24(26)16-4-2-6-22(24)18-9-13-20(30-28)14-10-18/h17-22,25-28H,1-16H2. The molecular formula is C24H42O8. The van der Waals surface area contributed by atoms with Gasteiger partial charge in [0.05, 0.1) is 12.2 Å². The smallest absolute Gasteiger partial charge is 0.202 e. The van der Waals surface area contributed by atoms with E-state index in [2.05, 4.69) is 9.78 Å². The summed E-state index contributed by atoms with van der Waals surface area (Å²) in [7, 11) is 0. The van der Waals surface area contributed by atoms with Crippen LogP contribution in [0, 0.1) is 23.7 Å². The fourth-order valence-electron chi connectivity index (χ4n) is 7.06. The lowest BCUT2D eigenvalue weighted by Crippen LogP contribution is -2.53. The molecule has 4 N–H and O–H groups in total. The van der Waals surface area contributed by atoms with Crippen LogP contribution in [0.1, 0.15) is 103 Å². The van der Waals surface area contributed by atoms with Crippen LogP contribution >= 0.6 is 0 Å². The minimum atomic E-state index is -1.39. The lowest BCUT2D eigenvalue weighted by molar-refractivity contribution is -0.522. The maximum atomic E-state index is 11.5. The molecule has 0 aromatic rings. The van der Waals surface area contributed by atoms with Crippen LogP contribution in [0.4, 0.5) is 0 Å². The third kappa shape index (κ3) is 5.49. The average Bonchev–Trinajstić information content (AvgIpc) is 2.84. The summed E-state index contributed by atoms with van der Waals surface area (Å²) in [6, 6.07) is 0. The van der Waals surface area contributed by atoms with Gasteiger partial charge in [0.15, 0.2) is 0 Å². The molecule has 32 heavy (non-hydrogen) atoms. The molecule has 0 aromatic heterocycles. The molecule has 4 unspecified atom stereocenters. The van der Waals surface area contributed by atoms with E-state index in [1.54, 1.807) is 0 Å². The first kappa shape index (κ1) is 24.8. The van der Waals surface area contributed by atoms with E-state index >= 15 is 0 Å². The van der Waals surface area contributed by atoms with Crippen molar-refractivity contribution in [1.29, 1.82) is 0 Å². The Kier molecular flexibility index (Phi) is 8.48. The van der Waals surface area contributed by atoms with Crippen molar-refractivity contribution >= 4 is 0 Å². The number of hydrogen-bond acceptors (Lipinski definition) is 8. The van der Waals surface area contributed by atoms with Gasteiger partial charge in [0, 0.05) is 24.7 Å². The van der Waals surface area contributed by atoms with Gasteiger partial charge in [-0.1, -0.05) is 12.8 Å². The first-order valence-electron chi connectivity index (χ1n) is 12.9. The summed E-state index contributed by atoms with van der Waals surface area (Å²) in [5.41, 5.74) is 0. The van der Waals surface area contributed by atoms with Crippen LogP contribution in [0.5, 0.6) is 0 Å². The highest BCUT2D eigenvalue weighted by molar-refractivity contribution is 4.91. The van der Waals surface area contributed by atoms with Crippen LogP contribution in [-0.4, -0.2) is 44.5 Å². The maximum Gasteiger partial charge on any atom is 0.202 e. The van der Waals surface area contributed by atoms with Crippen molar-refractivity contribution in [2.24, 2.45) is 23.7 Å². The fourth-order valence-corrected chi connectivity index (χ4v) is 7.06. The Morgan fingerprint density at radius 1 is 0.500 bits per heavy atom. The van der Waals surface area contributed by atoms with Gasteiger partial charge in [0.1, 0.15) is 0 Å². The first-order chi connectivity index (χ1) is 15.5. The van der Waals surface area contributed by atoms with Crippen LogP contribution in [-0.2, 0) is 19.6 Å². The Hall–Kier alpha value is -0.320. The second kappa shape index (κ2) is 11.0. The van der Waals surface area contributed by atoms with Crippen LogP contribution in [0.15, 0.2) is 0 Å². The van der Waals surface area contributed by atoms with Gasteiger partial charge in [-0.3, -0.25) is 10.5 Å². The molecule has 8 heteroatoms. The van der Waals surface area contributed by atoms with Crippen molar-refractivity contribution in [3.05, 3.63) is 0 Å². The lowest BCUT2D eigenvalue weighted by atomic mass is 9.69. The van der Waals surface area contributed by atoms with Gasteiger partial charge in [-0.15, -0.1) is 0 Å². The summed E-state index contributed by atoms with van der Waals surface area (Å²) in [5, 5.41) is 41.0. The minimum Gasteiger partial charge on any atom is -0.363 e. The second-order valence-electron chi connectivity index (χ2n) is 10.8. The normalized spacial score (nSPS) is 46.1. The molecule has 4 aliphatic rings. The topological polar surface area (TPSA) is 118 Å². The van der Waals surface area contributed by atoms with Crippen molar-refractivity contribution in [3.63, 3.8) is 0 Å². The van der Waals surface area contributed by atoms with Gasteiger partial charge in [0.2, 0.25) is 11.6 Å². The summed E-state index contributed by atoms with van der Waals surface area (Å²) in [6.45, 7) is 0. The molecule has 0 aliphatic heterocycles. The second-order valence-corrected chi connectivity index (χ2v) is 10.8. The third-order valence-electron chi connectivity index (χ3n) is 8.96. The van der Waals surface area contributed by atoms with E-state index in [0.29, 0.717) is 24.7 Å². The molecule has 4 rings (SSSR count). The number of rotatable bonds is 7. The first-order valence-corrected chi connectivity index (χ1v) is 12.9. The van der Waals surface area contributed by atoms with Crippen molar-refractivity contribution < 1.29 is 40.3 Å². The molecule has 0 heterocycles. The largest absolute Gasteiger partial charge is 0.363 e. The van der Waals surface area contributed by atoms with Gasteiger partial charge in [0.25, 0.3) is 0 Å². The summed E-state index contributed by atoms with van der Waals surface area (Å²) in [6.07, 6.45) is 13.0. The maximum absolute atomic E-state index is 11.5. The van der Waals surface area contributed by atoms with E-state index in [1.165, 1.54) is 0 Å². The molecule has 186 valence electrons. The molecule has 4 fully saturated rings. The molecule has 4 aliphatic carbocycles. The zero-order valence-electron chi connectivity index (χ0n) is 19.2. The summed E-state index contributed by atoms with van der Waals surface area (Å²) >= 11 is 0. The van der Waals surface area contributed by atoms with Gasteiger partial charge in [-0.05, 0) is 88.9 Å². The molecule has 0 amide bonds. The SMILES string of the molecule is OOC1CCC(C2CCCCC2(O)OOC2(O)CCCCC2C2CCC(OO)CC2)CC1. The van der Waals surface area contributed by atoms with E-state index < -0.39 is 11.6 Å². The van der Waals surface area contributed by atoms with Gasteiger partial charge < -0.3 is 10.2 Å². The molecule has 0 radical (unpaired) electrons. The predicted molar refractivity (Wildman–Crippen MR) is 115 cm³/mol. The highest BCUT2D eigenvalue weighted by Crippen LogP contribution is 2.48. The number of aliphatic hydroxyl groups is 2. The number of hydrogen-bond donors (Lipinski definition) is 4. The van der Waals surface area contributed by atoms with E-state index in [1.807, 2.05) is 0 Å². The Labute approximate surface area is 191 Å². The molecule has 0 bridgehead atoms. The lowest BCUT2D eigenvalue weighted by Gasteiger charge is -2.48. The molecular weight excluding hydrogens is 416 g/mol. The Morgan fingerprint density at radius 3 is 1.22 bits per heavy atom. The Balaban J connectivity index is 1.40. The molecule has 0 aromatic carbocycles. The zero-order chi connectivity index (χ0) is 22.6. The van der Waals surface area contributed by atoms with Crippen molar-refractivity contribution in [2.75, 3.05) is 0 Å². The monoisotopic (exact) mass is 458 g/mol. The van der Waals surface area contributed by atoms with Gasteiger partial charge in [-0.25, -0.2) is 9.78 Å². The summed E-state index contributed by atoms with van der Waals surface area (Å²) in [5.74, 6) is -2.29. The Bertz CT molecular complexity index is 524. The highest BCUT2D eigenvalue weighted by Gasteiger charge is 2.51. The average molecular weight is 459 g/mol. The molecule has 0 saturated heterocycles. The molecule has 8 nitrogen and oxygen atoms in total. The van der Waals surface area contributed by atoms with Crippen LogP contribution < -0.4 is 0 Å². The quantitative estimate of drug-likeness (QED) is 0.244. The zero-order valence-corrected chi connectivity index (χ0v) is 19.2. The van der Waals surface area contributed by atoms with E-state index in [9.17, 15) is 10.2 Å². The Morgan fingerprint density at radius 2 is 0.875 bits per heavy atom. The van der Waals surface area contributed by atoms with Crippen molar-refractivity contribution in [2.45, 2.75) is 127 Å². The minimum absolute atomic E-state index is 0.0429. The highest BCUT2D eigenvalue weighted by atomic mass is 17.2. The van der Waals surface area contributed by atoms with E-state index in [0.717, 1.165) is 89.9 Å². The summed E-state index contributed by atoms with van der Waals surface area (Å²) in [4.78, 5) is 20.8. The van der Waals surface area contributed by atoms with Gasteiger partial charge in [-0.2, -0.15) is 9.78 Å². The third-order valence-corrected chi connectivity index (χ3v) is 8.96. The van der Waals surface area contributed by atoms with E-state index in [-0.39, 0.29) is 24.0 Å². The fraction of sp³-hybridized carbons (Fsp3) is 1.00. The summed E-state index contributed by atoms with van der Waals surface area (Å²) < 4.78 is 0.